The van der Waals surface area contributed by atoms with Crippen LogP contribution in [-0.4, -0.2) is 31.1 Å². The molecule has 1 heterocycles. The van der Waals surface area contributed by atoms with Crippen molar-refractivity contribution < 1.29 is 8.42 Å². The van der Waals surface area contributed by atoms with Crippen molar-refractivity contribution in [3.8, 4) is 0 Å². The van der Waals surface area contributed by atoms with E-state index in [-0.39, 0.29) is 5.25 Å². The number of hydrogen-bond acceptors (Lipinski definition) is 2. The summed E-state index contributed by atoms with van der Waals surface area (Å²) in [5.74, 6) is 0. The molecule has 0 aromatic rings. The van der Waals surface area contributed by atoms with Gasteiger partial charge in [-0.3, -0.25) is 0 Å². The Bertz CT molecular complexity index is 370. The van der Waals surface area contributed by atoms with Gasteiger partial charge in [0, 0.05) is 13.1 Å². The van der Waals surface area contributed by atoms with Crippen LogP contribution >= 0.6 is 0 Å². The largest absolute Gasteiger partial charge is 0.217 e. The lowest BCUT2D eigenvalue weighted by Crippen LogP contribution is -2.59. The van der Waals surface area contributed by atoms with Gasteiger partial charge in [0.15, 0.2) is 0 Å². The average Bonchev–Trinajstić information content (AvgIpc) is 2.77. The molecule has 1 saturated heterocycles. The fourth-order valence-corrected chi connectivity index (χ4v) is 6.16. The third-order valence-corrected chi connectivity index (χ3v) is 7.31. The van der Waals surface area contributed by atoms with Crippen LogP contribution in [0.5, 0.6) is 0 Å². The normalized spacial score (nSPS) is 30.6. The van der Waals surface area contributed by atoms with Crippen molar-refractivity contribution in [1.82, 2.24) is 4.31 Å². The van der Waals surface area contributed by atoms with Crippen molar-refractivity contribution in [3.05, 3.63) is 0 Å². The quantitative estimate of drug-likeness (QED) is 0.762. The van der Waals surface area contributed by atoms with Crippen molar-refractivity contribution in [1.29, 1.82) is 0 Å². The fraction of sp³-hybridized carbons (Fsp3) is 1.00. The summed E-state index contributed by atoms with van der Waals surface area (Å²) in [5.41, 5.74) is 0.391. The van der Waals surface area contributed by atoms with Crippen LogP contribution in [0.15, 0.2) is 0 Å². The first-order valence-electron chi connectivity index (χ1n) is 7.11. The molecular formula is C13H23NO2S. The van der Waals surface area contributed by atoms with E-state index >= 15 is 0 Å². The van der Waals surface area contributed by atoms with E-state index in [9.17, 15) is 8.42 Å². The first-order chi connectivity index (χ1) is 8.12. The summed E-state index contributed by atoms with van der Waals surface area (Å²) in [6, 6.07) is 0. The Hall–Kier alpha value is -0.0900. The Morgan fingerprint density at radius 3 is 2.06 bits per heavy atom. The van der Waals surface area contributed by atoms with Crippen molar-refractivity contribution >= 4 is 10.0 Å². The second-order valence-electron chi connectivity index (χ2n) is 6.28. The molecule has 3 rings (SSSR count). The molecule has 0 aromatic heterocycles. The molecule has 17 heavy (non-hydrogen) atoms. The van der Waals surface area contributed by atoms with E-state index < -0.39 is 10.0 Å². The first-order valence-corrected chi connectivity index (χ1v) is 8.62. The number of hydrogen-bond donors (Lipinski definition) is 0. The number of rotatable bonds is 2. The van der Waals surface area contributed by atoms with Gasteiger partial charge in [0.05, 0.1) is 5.25 Å². The summed E-state index contributed by atoms with van der Waals surface area (Å²) in [7, 11) is -2.96. The van der Waals surface area contributed by atoms with Crippen LogP contribution in [-0.2, 0) is 10.0 Å². The van der Waals surface area contributed by atoms with E-state index in [4.69, 9.17) is 0 Å². The van der Waals surface area contributed by atoms with Gasteiger partial charge in [0.1, 0.15) is 0 Å². The van der Waals surface area contributed by atoms with Gasteiger partial charge in [-0.2, -0.15) is 0 Å². The monoisotopic (exact) mass is 257 g/mol. The van der Waals surface area contributed by atoms with Gasteiger partial charge in [-0.25, -0.2) is 12.7 Å². The van der Waals surface area contributed by atoms with Gasteiger partial charge in [-0.1, -0.05) is 32.1 Å². The van der Waals surface area contributed by atoms with Crippen molar-refractivity contribution in [3.63, 3.8) is 0 Å². The molecule has 0 atom stereocenters. The molecule has 3 aliphatic rings. The Kier molecular flexibility index (Phi) is 2.98. The van der Waals surface area contributed by atoms with E-state index in [1.54, 1.807) is 4.31 Å². The van der Waals surface area contributed by atoms with Crippen LogP contribution in [0.2, 0.25) is 0 Å². The minimum atomic E-state index is -2.96. The van der Waals surface area contributed by atoms with Gasteiger partial charge in [-0.15, -0.1) is 0 Å². The van der Waals surface area contributed by atoms with E-state index in [0.717, 1.165) is 38.8 Å². The summed E-state index contributed by atoms with van der Waals surface area (Å²) in [4.78, 5) is 0. The molecule has 4 heteroatoms. The Morgan fingerprint density at radius 1 is 0.882 bits per heavy atom. The summed E-state index contributed by atoms with van der Waals surface area (Å²) in [5, 5.41) is -0.0602. The van der Waals surface area contributed by atoms with Gasteiger partial charge >= 0.3 is 0 Å². The molecule has 3 fully saturated rings. The molecule has 2 aliphatic carbocycles. The topological polar surface area (TPSA) is 37.4 Å². The maximum absolute atomic E-state index is 12.4. The maximum Gasteiger partial charge on any atom is 0.217 e. The van der Waals surface area contributed by atoms with Crippen LogP contribution in [0.4, 0.5) is 0 Å². The second kappa shape index (κ2) is 4.23. The standard InChI is InChI=1S/C13H23NO2S/c15-17(16,12-6-2-1-3-7-12)14-10-13(11-14)8-4-5-9-13/h12H,1-11H2. The second-order valence-corrected chi connectivity index (χ2v) is 8.49. The Labute approximate surface area is 105 Å². The minimum absolute atomic E-state index is 0.0602. The first kappa shape index (κ1) is 12.0. The molecule has 2 saturated carbocycles. The average molecular weight is 257 g/mol. The molecule has 3 nitrogen and oxygen atoms in total. The predicted molar refractivity (Wildman–Crippen MR) is 68.3 cm³/mol. The number of sulfonamides is 1. The molecule has 0 radical (unpaired) electrons. The third-order valence-electron chi connectivity index (χ3n) is 5.02. The molecule has 0 aromatic carbocycles. The fourth-order valence-electron chi connectivity index (χ4n) is 3.90. The van der Waals surface area contributed by atoms with Gasteiger partial charge in [0.25, 0.3) is 0 Å². The van der Waals surface area contributed by atoms with Crippen molar-refractivity contribution in [2.45, 2.75) is 63.0 Å². The van der Waals surface area contributed by atoms with E-state index in [1.165, 1.54) is 32.1 Å². The zero-order valence-corrected chi connectivity index (χ0v) is 11.3. The molecule has 0 bridgehead atoms. The molecular weight excluding hydrogens is 234 g/mol. The van der Waals surface area contributed by atoms with E-state index in [1.807, 2.05) is 0 Å². The van der Waals surface area contributed by atoms with Crippen LogP contribution < -0.4 is 0 Å². The summed E-state index contributed by atoms with van der Waals surface area (Å²) in [6.07, 6.45) is 10.3. The van der Waals surface area contributed by atoms with Crippen LogP contribution in [0.3, 0.4) is 0 Å². The molecule has 98 valence electrons. The molecule has 0 N–H and O–H groups in total. The Morgan fingerprint density at radius 2 is 1.47 bits per heavy atom. The van der Waals surface area contributed by atoms with Gasteiger partial charge < -0.3 is 0 Å². The summed E-state index contributed by atoms with van der Waals surface area (Å²) < 4.78 is 26.7. The lowest BCUT2D eigenvalue weighted by atomic mass is 9.80. The highest BCUT2D eigenvalue weighted by atomic mass is 32.2. The predicted octanol–water partition coefficient (Wildman–Crippen LogP) is 2.52. The molecule has 1 aliphatic heterocycles. The molecule has 1 spiro atoms. The lowest BCUT2D eigenvalue weighted by Gasteiger charge is -2.48. The summed E-state index contributed by atoms with van der Waals surface area (Å²) in [6.45, 7) is 1.65. The molecule has 0 amide bonds. The van der Waals surface area contributed by atoms with Gasteiger partial charge in [-0.05, 0) is 31.1 Å². The van der Waals surface area contributed by atoms with Crippen molar-refractivity contribution in [2.24, 2.45) is 5.41 Å². The Balaban J connectivity index is 1.64. The zero-order chi connectivity index (χ0) is 11.9. The van der Waals surface area contributed by atoms with Crippen molar-refractivity contribution in [2.75, 3.05) is 13.1 Å². The lowest BCUT2D eigenvalue weighted by molar-refractivity contribution is 0.0762. The van der Waals surface area contributed by atoms with Crippen LogP contribution in [0, 0.1) is 5.41 Å². The van der Waals surface area contributed by atoms with E-state index in [2.05, 4.69) is 0 Å². The smallest absolute Gasteiger partial charge is 0.212 e. The van der Waals surface area contributed by atoms with Crippen LogP contribution in [0.1, 0.15) is 57.8 Å². The van der Waals surface area contributed by atoms with Gasteiger partial charge in [0.2, 0.25) is 10.0 Å². The highest BCUT2D eigenvalue weighted by molar-refractivity contribution is 7.89. The highest BCUT2D eigenvalue weighted by Crippen LogP contribution is 2.47. The minimum Gasteiger partial charge on any atom is -0.212 e. The maximum atomic E-state index is 12.4. The molecule has 0 unspecified atom stereocenters. The highest BCUT2D eigenvalue weighted by Gasteiger charge is 2.50. The van der Waals surface area contributed by atoms with E-state index in [0.29, 0.717) is 5.41 Å². The van der Waals surface area contributed by atoms with Crippen LogP contribution in [0.25, 0.3) is 0 Å². The SMILES string of the molecule is O=S(=O)(C1CCCCC1)N1CC2(CCCC2)C1. The third kappa shape index (κ3) is 2.03. The number of nitrogens with zero attached hydrogens (tertiary/aromatic N) is 1. The zero-order valence-electron chi connectivity index (χ0n) is 10.5. The summed E-state index contributed by atoms with van der Waals surface area (Å²) >= 11 is 0.